The van der Waals surface area contributed by atoms with Crippen molar-refractivity contribution in [3.63, 3.8) is 0 Å². The van der Waals surface area contributed by atoms with Gasteiger partial charge in [-0.25, -0.2) is 9.79 Å². The molecule has 3 nitrogen and oxygen atoms in total. The molecule has 1 rings (SSSR count). The number of esters is 1. The molecule has 1 aliphatic heterocycles. The molecule has 0 unspecified atom stereocenters. The van der Waals surface area contributed by atoms with E-state index in [0.29, 0.717) is 18.7 Å². The minimum absolute atomic E-state index is 0.345. The molecule has 0 saturated carbocycles. The van der Waals surface area contributed by atoms with Crippen molar-refractivity contribution in [3.8, 4) is 0 Å². The standard InChI is InChI=1S/C7H8BrNO2/c1-2-11-7(10)5-3-4-6(8)9-5/h3H,2,4H2,1H3. The summed E-state index contributed by atoms with van der Waals surface area (Å²) >= 11 is 3.19. The molecule has 0 saturated heterocycles. The summed E-state index contributed by atoms with van der Waals surface area (Å²) in [6.07, 6.45) is 2.43. The highest BCUT2D eigenvalue weighted by Gasteiger charge is 2.14. The second kappa shape index (κ2) is 3.67. The van der Waals surface area contributed by atoms with Gasteiger partial charge < -0.3 is 4.74 Å². The summed E-state index contributed by atoms with van der Waals surface area (Å²) in [6, 6.07) is 0. The van der Waals surface area contributed by atoms with Crippen molar-refractivity contribution in [3.05, 3.63) is 11.8 Å². The molecule has 1 heterocycles. The molecule has 0 aromatic rings. The Morgan fingerprint density at radius 1 is 1.91 bits per heavy atom. The molecule has 0 spiro atoms. The van der Waals surface area contributed by atoms with Crippen LogP contribution in [0, 0.1) is 0 Å². The van der Waals surface area contributed by atoms with E-state index in [1.54, 1.807) is 13.0 Å². The topological polar surface area (TPSA) is 38.7 Å². The maximum atomic E-state index is 11.0. The molecule has 0 radical (unpaired) electrons. The van der Waals surface area contributed by atoms with Gasteiger partial charge in [-0.05, 0) is 28.9 Å². The molecule has 0 fully saturated rings. The van der Waals surface area contributed by atoms with Gasteiger partial charge in [0.1, 0.15) is 5.70 Å². The van der Waals surface area contributed by atoms with Crippen molar-refractivity contribution >= 4 is 26.5 Å². The Kier molecular flexibility index (Phi) is 2.82. The molecule has 0 aromatic carbocycles. The zero-order valence-electron chi connectivity index (χ0n) is 6.13. The molecular formula is C7H8BrNO2. The van der Waals surface area contributed by atoms with Gasteiger partial charge in [0.2, 0.25) is 0 Å². The van der Waals surface area contributed by atoms with Crippen LogP contribution in [-0.4, -0.2) is 17.2 Å². The average molecular weight is 218 g/mol. The molecule has 4 heteroatoms. The van der Waals surface area contributed by atoms with Crippen LogP contribution in [0.25, 0.3) is 0 Å². The van der Waals surface area contributed by atoms with Crippen molar-refractivity contribution in [1.82, 2.24) is 0 Å². The van der Waals surface area contributed by atoms with Crippen LogP contribution < -0.4 is 0 Å². The van der Waals surface area contributed by atoms with E-state index >= 15 is 0 Å². The molecule has 0 aromatic heterocycles. The fourth-order valence-corrected chi connectivity index (χ4v) is 1.09. The molecule has 0 atom stereocenters. The number of allylic oxidation sites excluding steroid dienone is 1. The van der Waals surface area contributed by atoms with Crippen LogP contribution in [0.5, 0.6) is 0 Å². The van der Waals surface area contributed by atoms with E-state index < -0.39 is 0 Å². The van der Waals surface area contributed by atoms with Gasteiger partial charge in [0.15, 0.2) is 0 Å². The summed E-state index contributed by atoms with van der Waals surface area (Å²) in [5.74, 6) is -0.345. The number of hydrogen-bond donors (Lipinski definition) is 0. The highest BCUT2D eigenvalue weighted by molar-refractivity contribution is 9.18. The fraction of sp³-hybridized carbons (Fsp3) is 0.429. The predicted octanol–water partition coefficient (Wildman–Crippen LogP) is 1.63. The SMILES string of the molecule is CCOC(=O)C1=CCC(Br)=N1. The van der Waals surface area contributed by atoms with Gasteiger partial charge in [-0.1, -0.05) is 0 Å². The van der Waals surface area contributed by atoms with E-state index in [-0.39, 0.29) is 5.97 Å². The van der Waals surface area contributed by atoms with E-state index in [1.807, 2.05) is 0 Å². The molecule has 0 aliphatic carbocycles. The Morgan fingerprint density at radius 2 is 2.64 bits per heavy atom. The van der Waals surface area contributed by atoms with Crippen LogP contribution >= 0.6 is 15.9 Å². The summed E-state index contributed by atoms with van der Waals surface area (Å²) in [4.78, 5) is 14.9. The van der Waals surface area contributed by atoms with Crippen LogP contribution in [0.2, 0.25) is 0 Å². The Hall–Kier alpha value is -0.640. The lowest BCUT2D eigenvalue weighted by Crippen LogP contribution is -2.04. The summed E-state index contributed by atoms with van der Waals surface area (Å²) in [7, 11) is 0. The Morgan fingerprint density at radius 3 is 3.09 bits per heavy atom. The zero-order valence-corrected chi connectivity index (χ0v) is 7.72. The van der Waals surface area contributed by atoms with E-state index in [9.17, 15) is 4.79 Å². The first-order chi connectivity index (χ1) is 5.24. The van der Waals surface area contributed by atoms with Gasteiger partial charge in [0.05, 0.1) is 11.2 Å². The second-order valence-electron chi connectivity index (χ2n) is 2.00. The van der Waals surface area contributed by atoms with Crippen molar-refractivity contribution in [2.45, 2.75) is 13.3 Å². The number of rotatable bonds is 2. The van der Waals surface area contributed by atoms with Gasteiger partial charge in [0, 0.05) is 6.42 Å². The first-order valence-corrected chi connectivity index (χ1v) is 4.13. The quantitative estimate of drug-likeness (QED) is 0.660. The van der Waals surface area contributed by atoms with Gasteiger partial charge in [-0.15, -0.1) is 0 Å². The normalized spacial score (nSPS) is 15.8. The van der Waals surface area contributed by atoms with Crippen molar-refractivity contribution in [2.24, 2.45) is 4.99 Å². The average Bonchev–Trinajstić information content (AvgIpc) is 2.36. The van der Waals surface area contributed by atoms with Crippen LogP contribution in [-0.2, 0) is 9.53 Å². The first-order valence-electron chi connectivity index (χ1n) is 3.34. The molecule has 0 bridgehead atoms. The third-order valence-corrected chi connectivity index (χ3v) is 1.69. The highest BCUT2D eigenvalue weighted by atomic mass is 79.9. The molecule has 0 N–H and O–H groups in total. The number of carbonyl (C=O) groups is 1. The fourth-order valence-electron chi connectivity index (χ4n) is 0.737. The van der Waals surface area contributed by atoms with Crippen LogP contribution in [0.15, 0.2) is 16.8 Å². The van der Waals surface area contributed by atoms with Crippen LogP contribution in [0.3, 0.4) is 0 Å². The Balaban J connectivity index is 2.56. The van der Waals surface area contributed by atoms with Gasteiger partial charge >= 0.3 is 5.97 Å². The number of ether oxygens (including phenoxy) is 1. The lowest BCUT2D eigenvalue weighted by molar-refractivity contribution is -0.138. The largest absolute Gasteiger partial charge is 0.461 e. The summed E-state index contributed by atoms with van der Waals surface area (Å²) in [5.41, 5.74) is 0.402. The van der Waals surface area contributed by atoms with Crippen LogP contribution in [0.1, 0.15) is 13.3 Å². The summed E-state index contributed by atoms with van der Waals surface area (Å²) < 4.78 is 5.52. The zero-order chi connectivity index (χ0) is 8.27. The third kappa shape index (κ3) is 2.15. The minimum atomic E-state index is -0.345. The molecule has 1 aliphatic rings. The number of nitrogens with zero attached hydrogens (tertiary/aromatic N) is 1. The molecule has 11 heavy (non-hydrogen) atoms. The number of aliphatic imine (C=N–C) groups is 1. The number of halogens is 1. The van der Waals surface area contributed by atoms with E-state index in [0.717, 1.165) is 4.62 Å². The predicted molar refractivity (Wildman–Crippen MR) is 45.7 cm³/mol. The molecular weight excluding hydrogens is 210 g/mol. The second-order valence-corrected chi connectivity index (χ2v) is 2.92. The van der Waals surface area contributed by atoms with Crippen molar-refractivity contribution < 1.29 is 9.53 Å². The van der Waals surface area contributed by atoms with Gasteiger partial charge in [0.25, 0.3) is 0 Å². The first kappa shape index (κ1) is 8.46. The van der Waals surface area contributed by atoms with Crippen LogP contribution in [0.4, 0.5) is 0 Å². The van der Waals surface area contributed by atoms with Crippen molar-refractivity contribution in [1.29, 1.82) is 0 Å². The molecule has 0 amide bonds. The maximum absolute atomic E-state index is 11.0. The lowest BCUT2D eigenvalue weighted by Gasteiger charge is -1.97. The van der Waals surface area contributed by atoms with E-state index in [4.69, 9.17) is 4.74 Å². The van der Waals surface area contributed by atoms with Crippen molar-refractivity contribution in [2.75, 3.05) is 6.61 Å². The van der Waals surface area contributed by atoms with Gasteiger partial charge in [-0.3, -0.25) is 0 Å². The lowest BCUT2D eigenvalue weighted by atomic mass is 10.4. The minimum Gasteiger partial charge on any atom is -0.461 e. The number of hydrogen-bond acceptors (Lipinski definition) is 3. The number of carbonyl (C=O) groups excluding carboxylic acids is 1. The monoisotopic (exact) mass is 217 g/mol. The summed E-state index contributed by atoms with van der Waals surface area (Å²) in [5, 5.41) is 0. The highest BCUT2D eigenvalue weighted by Crippen LogP contribution is 2.14. The maximum Gasteiger partial charge on any atom is 0.356 e. The smallest absolute Gasteiger partial charge is 0.356 e. The van der Waals surface area contributed by atoms with E-state index in [2.05, 4.69) is 20.9 Å². The Labute approximate surface area is 73.3 Å². The van der Waals surface area contributed by atoms with Gasteiger partial charge in [-0.2, -0.15) is 0 Å². The Bertz CT molecular complexity index is 233. The van der Waals surface area contributed by atoms with E-state index in [1.165, 1.54) is 0 Å². The third-order valence-electron chi connectivity index (χ3n) is 1.19. The summed E-state index contributed by atoms with van der Waals surface area (Å²) in [6.45, 7) is 2.16. The molecule has 60 valence electrons.